The molecule has 2 N–H and O–H groups in total. The summed E-state index contributed by atoms with van der Waals surface area (Å²) in [5, 5.41) is 0. The number of nitrogens with two attached hydrogens (primary N) is 1. The van der Waals surface area contributed by atoms with E-state index in [2.05, 4.69) is 4.99 Å². The van der Waals surface area contributed by atoms with E-state index in [9.17, 15) is 4.39 Å². The molecule has 2 rings (SSSR count). The average molecular weight is 164 g/mol. The fourth-order valence-corrected chi connectivity index (χ4v) is 1.35. The molecular weight excluding hydrogens is 155 g/mol. The van der Waals surface area contributed by atoms with Crippen molar-refractivity contribution in [1.82, 2.24) is 0 Å². The molecule has 0 aromatic heterocycles. The summed E-state index contributed by atoms with van der Waals surface area (Å²) in [5.41, 5.74) is 6.87. The number of amidine groups is 1. The molecule has 2 nitrogen and oxygen atoms in total. The lowest BCUT2D eigenvalue weighted by Crippen LogP contribution is -2.15. The second kappa shape index (κ2) is 2.59. The van der Waals surface area contributed by atoms with Gasteiger partial charge in [0.05, 0.1) is 0 Å². The molecule has 0 bridgehead atoms. The summed E-state index contributed by atoms with van der Waals surface area (Å²) in [6.07, 6.45) is 1.53. The lowest BCUT2D eigenvalue weighted by molar-refractivity contribution is 0.626. The van der Waals surface area contributed by atoms with E-state index in [0.29, 0.717) is 11.5 Å². The van der Waals surface area contributed by atoms with Crippen LogP contribution in [-0.2, 0) is 6.42 Å². The zero-order valence-corrected chi connectivity index (χ0v) is 6.55. The van der Waals surface area contributed by atoms with Crippen LogP contribution in [0.1, 0.15) is 12.0 Å². The molecule has 12 heavy (non-hydrogen) atoms. The van der Waals surface area contributed by atoms with Gasteiger partial charge in [-0.2, -0.15) is 0 Å². The summed E-state index contributed by atoms with van der Waals surface area (Å²) >= 11 is 0. The van der Waals surface area contributed by atoms with E-state index in [0.717, 1.165) is 18.4 Å². The third kappa shape index (κ3) is 1.07. The number of fused-ring (bicyclic) bond motifs is 1. The largest absolute Gasteiger partial charge is 0.387 e. The zero-order chi connectivity index (χ0) is 8.55. The number of aliphatic imine (C=N–C) groups is 1. The van der Waals surface area contributed by atoms with Crippen molar-refractivity contribution in [3.63, 3.8) is 0 Å². The number of hydrogen-bond acceptors (Lipinski definition) is 2. The third-order valence-electron chi connectivity index (χ3n) is 1.98. The van der Waals surface area contributed by atoms with Gasteiger partial charge in [-0.25, -0.2) is 9.38 Å². The molecule has 0 atom stereocenters. The Bertz CT molecular complexity index is 344. The molecule has 0 saturated carbocycles. The maximum atomic E-state index is 13.1. The van der Waals surface area contributed by atoms with Gasteiger partial charge in [0.1, 0.15) is 17.3 Å². The first-order valence-electron chi connectivity index (χ1n) is 3.88. The molecule has 0 amide bonds. The highest BCUT2D eigenvalue weighted by Gasteiger charge is 2.12. The van der Waals surface area contributed by atoms with Gasteiger partial charge in [0.15, 0.2) is 0 Å². The number of aryl methyl sites for hydroxylation is 1. The molecule has 62 valence electrons. The molecule has 3 heteroatoms. The van der Waals surface area contributed by atoms with E-state index in [4.69, 9.17) is 5.73 Å². The number of benzene rings is 1. The predicted molar refractivity (Wildman–Crippen MR) is 46.0 cm³/mol. The summed E-state index contributed by atoms with van der Waals surface area (Å²) in [6, 6.07) is 4.99. The summed E-state index contributed by atoms with van der Waals surface area (Å²) in [6.45, 7) is 0. The van der Waals surface area contributed by atoms with Crippen molar-refractivity contribution < 1.29 is 4.39 Å². The maximum absolute atomic E-state index is 13.1. The van der Waals surface area contributed by atoms with Gasteiger partial charge in [0.2, 0.25) is 0 Å². The van der Waals surface area contributed by atoms with Gasteiger partial charge in [0, 0.05) is 6.42 Å². The van der Waals surface area contributed by atoms with E-state index in [1.165, 1.54) is 6.07 Å². The number of hydrogen-bond donors (Lipinski definition) is 1. The predicted octanol–water partition coefficient (Wildman–Crippen LogP) is 1.76. The summed E-state index contributed by atoms with van der Waals surface area (Å²) in [7, 11) is 0. The van der Waals surface area contributed by atoms with Gasteiger partial charge in [-0.05, 0) is 18.1 Å². The minimum atomic E-state index is -0.282. The lowest BCUT2D eigenvalue weighted by Gasteiger charge is -2.12. The van der Waals surface area contributed by atoms with Crippen molar-refractivity contribution in [2.24, 2.45) is 10.7 Å². The molecule has 1 aromatic carbocycles. The monoisotopic (exact) mass is 164 g/mol. The number of nitrogens with zero attached hydrogens (tertiary/aromatic N) is 1. The van der Waals surface area contributed by atoms with Crippen LogP contribution in [0, 0.1) is 5.82 Å². The molecule has 1 aliphatic rings. The Hall–Kier alpha value is -1.38. The second-order valence-corrected chi connectivity index (χ2v) is 2.85. The Balaban J connectivity index is 2.59. The quantitative estimate of drug-likeness (QED) is 0.623. The Kier molecular flexibility index (Phi) is 1.57. The molecule has 0 aliphatic carbocycles. The van der Waals surface area contributed by atoms with Crippen LogP contribution in [0.25, 0.3) is 0 Å². The summed E-state index contributed by atoms with van der Waals surface area (Å²) in [4.78, 5) is 3.96. The minimum absolute atomic E-state index is 0.282. The fraction of sp³-hybridized carbons (Fsp3) is 0.222. The first kappa shape index (κ1) is 7.28. The fourth-order valence-electron chi connectivity index (χ4n) is 1.35. The first-order chi connectivity index (χ1) is 5.77. The van der Waals surface area contributed by atoms with Gasteiger partial charge < -0.3 is 5.73 Å². The van der Waals surface area contributed by atoms with Crippen LogP contribution in [0.3, 0.4) is 0 Å². The van der Waals surface area contributed by atoms with E-state index in [-0.39, 0.29) is 5.82 Å². The van der Waals surface area contributed by atoms with Crippen LogP contribution in [0.2, 0.25) is 0 Å². The van der Waals surface area contributed by atoms with Crippen LogP contribution in [0.4, 0.5) is 10.1 Å². The van der Waals surface area contributed by atoms with E-state index >= 15 is 0 Å². The maximum Gasteiger partial charge on any atom is 0.149 e. The van der Waals surface area contributed by atoms with Crippen molar-refractivity contribution in [1.29, 1.82) is 0 Å². The molecule has 0 radical (unpaired) electrons. The summed E-state index contributed by atoms with van der Waals surface area (Å²) < 4.78 is 13.1. The smallest absolute Gasteiger partial charge is 0.149 e. The standard InChI is InChI=1S/C9H9FN2/c10-7-3-1-2-6-4-5-8(11)12-9(6)7/h1-3H,4-5H2,(H2,11,12). The molecule has 1 aromatic rings. The molecular formula is C9H9FN2. The molecule has 0 spiro atoms. The molecule has 1 aliphatic heterocycles. The van der Waals surface area contributed by atoms with Gasteiger partial charge >= 0.3 is 0 Å². The van der Waals surface area contributed by atoms with Crippen LogP contribution in [0.5, 0.6) is 0 Å². The van der Waals surface area contributed by atoms with Crippen molar-refractivity contribution in [3.8, 4) is 0 Å². The Morgan fingerprint density at radius 1 is 1.33 bits per heavy atom. The van der Waals surface area contributed by atoms with Crippen LogP contribution >= 0.6 is 0 Å². The highest BCUT2D eigenvalue weighted by molar-refractivity contribution is 5.85. The number of halogens is 1. The van der Waals surface area contributed by atoms with Crippen LogP contribution in [0.15, 0.2) is 23.2 Å². The first-order valence-corrected chi connectivity index (χ1v) is 3.88. The van der Waals surface area contributed by atoms with Gasteiger partial charge in [-0.1, -0.05) is 12.1 Å². The van der Waals surface area contributed by atoms with E-state index in [1.54, 1.807) is 6.07 Å². The van der Waals surface area contributed by atoms with Crippen molar-refractivity contribution in [2.75, 3.05) is 0 Å². The number of para-hydroxylation sites is 1. The molecule has 1 heterocycles. The van der Waals surface area contributed by atoms with Crippen molar-refractivity contribution >= 4 is 11.5 Å². The van der Waals surface area contributed by atoms with Crippen molar-refractivity contribution in [3.05, 3.63) is 29.6 Å². The normalized spacial score (nSPS) is 15.2. The zero-order valence-electron chi connectivity index (χ0n) is 6.55. The topological polar surface area (TPSA) is 38.4 Å². The highest BCUT2D eigenvalue weighted by atomic mass is 19.1. The number of rotatable bonds is 0. The minimum Gasteiger partial charge on any atom is -0.387 e. The Labute approximate surface area is 69.9 Å². The van der Waals surface area contributed by atoms with E-state index in [1.807, 2.05) is 6.07 Å². The second-order valence-electron chi connectivity index (χ2n) is 2.85. The molecule has 0 fully saturated rings. The third-order valence-corrected chi connectivity index (χ3v) is 1.98. The van der Waals surface area contributed by atoms with Crippen molar-refractivity contribution in [2.45, 2.75) is 12.8 Å². The van der Waals surface area contributed by atoms with Gasteiger partial charge in [-0.3, -0.25) is 0 Å². The Morgan fingerprint density at radius 3 is 3.00 bits per heavy atom. The van der Waals surface area contributed by atoms with Gasteiger partial charge in [-0.15, -0.1) is 0 Å². The van der Waals surface area contributed by atoms with Crippen LogP contribution in [-0.4, -0.2) is 5.84 Å². The molecule has 0 unspecified atom stereocenters. The van der Waals surface area contributed by atoms with Crippen LogP contribution < -0.4 is 5.73 Å². The molecule has 0 saturated heterocycles. The average Bonchev–Trinajstić information content (AvgIpc) is 2.07. The highest BCUT2D eigenvalue weighted by Crippen LogP contribution is 2.27. The summed E-state index contributed by atoms with van der Waals surface area (Å²) in [5.74, 6) is 0.239. The van der Waals surface area contributed by atoms with Gasteiger partial charge in [0.25, 0.3) is 0 Å². The lowest BCUT2D eigenvalue weighted by atomic mass is 10.0. The SMILES string of the molecule is NC1=Nc2c(F)cccc2CC1. The Morgan fingerprint density at radius 2 is 2.17 bits per heavy atom. The van der Waals surface area contributed by atoms with E-state index < -0.39 is 0 Å².